The van der Waals surface area contributed by atoms with Crippen LogP contribution in [0.4, 0.5) is 0 Å². The molecule has 0 aromatic heterocycles. The number of hydrogen-bond acceptors (Lipinski definition) is 3. The lowest BCUT2D eigenvalue weighted by molar-refractivity contribution is 0.204. The minimum absolute atomic E-state index is 0.393. The lowest BCUT2D eigenvalue weighted by Gasteiger charge is -2.09. The predicted octanol–water partition coefficient (Wildman–Crippen LogP) is 1.88. The van der Waals surface area contributed by atoms with Crippen LogP contribution in [-0.2, 0) is 9.47 Å². The molecule has 0 amide bonds. The van der Waals surface area contributed by atoms with E-state index in [1.807, 2.05) is 26.0 Å². The molecule has 3 heteroatoms. The Morgan fingerprint density at radius 3 is 2.50 bits per heavy atom. The van der Waals surface area contributed by atoms with Crippen molar-refractivity contribution in [1.29, 1.82) is 0 Å². The van der Waals surface area contributed by atoms with Crippen LogP contribution in [-0.4, -0.2) is 32.0 Å². The van der Waals surface area contributed by atoms with Crippen LogP contribution >= 0.6 is 0 Å². The molecule has 0 saturated carbocycles. The van der Waals surface area contributed by atoms with Crippen LogP contribution in [0, 0.1) is 0 Å². The van der Waals surface area contributed by atoms with Crippen LogP contribution in [0.5, 0.6) is 0 Å². The maximum atomic E-state index is 9.51. The maximum absolute atomic E-state index is 9.51. The Labute approximate surface area is 86.0 Å². The molecule has 14 heavy (non-hydrogen) atoms. The number of methoxy groups -OCH3 is 2. The summed E-state index contributed by atoms with van der Waals surface area (Å²) < 4.78 is 10.0. The topological polar surface area (TPSA) is 38.7 Å². The van der Waals surface area contributed by atoms with Gasteiger partial charge in [-0.25, -0.2) is 0 Å². The van der Waals surface area contributed by atoms with Crippen molar-refractivity contribution >= 4 is 0 Å². The normalized spacial score (nSPS) is 15.5. The molecule has 0 rings (SSSR count). The van der Waals surface area contributed by atoms with E-state index >= 15 is 0 Å². The van der Waals surface area contributed by atoms with Crippen LogP contribution in [0.1, 0.15) is 20.3 Å². The average molecular weight is 200 g/mol. The van der Waals surface area contributed by atoms with Gasteiger partial charge in [-0.15, -0.1) is 0 Å². The van der Waals surface area contributed by atoms with Crippen molar-refractivity contribution in [2.24, 2.45) is 0 Å². The van der Waals surface area contributed by atoms with Crippen molar-refractivity contribution in [1.82, 2.24) is 0 Å². The molecular formula is C11H20O3. The monoisotopic (exact) mass is 200 g/mol. The number of hydrogen-bond donors (Lipinski definition) is 1. The fourth-order valence-corrected chi connectivity index (χ4v) is 1.01. The van der Waals surface area contributed by atoms with Gasteiger partial charge in [-0.2, -0.15) is 0 Å². The largest absolute Gasteiger partial charge is 0.497 e. The molecule has 0 aliphatic rings. The summed E-state index contributed by atoms with van der Waals surface area (Å²) in [6.07, 6.45) is 3.97. The molecule has 0 fully saturated rings. The Morgan fingerprint density at radius 1 is 1.43 bits per heavy atom. The third-order valence-corrected chi connectivity index (χ3v) is 1.97. The minimum Gasteiger partial charge on any atom is -0.497 e. The smallest absolute Gasteiger partial charge is 0.117 e. The molecule has 1 atom stereocenters. The highest BCUT2D eigenvalue weighted by molar-refractivity contribution is 5.19. The first kappa shape index (κ1) is 13.2. The zero-order valence-electron chi connectivity index (χ0n) is 9.41. The summed E-state index contributed by atoms with van der Waals surface area (Å²) in [5.74, 6) is 0.719. The minimum atomic E-state index is -0.393. The summed E-state index contributed by atoms with van der Waals surface area (Å²) in [6, 6.07) is 0. The molecule has 0 spiro atoms. The molecule has 0 aromatic rings. The zero-order valence-corrected chi connectivity index (χ0v) is 9.41. The van der Waals surface area contributed by atoms with E-state index in [-0.39, 0.29) is 0 Å². The molecule has 0 aromatic carbocycles. The lowest BCUT2D eigenvalue weighted by Crippen LogP contribution is -2.06. The fraction of sp³-hybridized carbons (Fsp3) is 0.636. The van der Waals surface area contributed by atoms with Crippen LogP contribution in [0.15, 0.2) is 23.5 Å². The number of aliphatic hydroxyl groups excluding tert-OH is 1. The average Bonchev–Trinajstić information content (AvgIpc) is 2.22. The van der Waals surface area contributed by atoms with E-state index in [0.717, 1.165) is 11.3 Å². The van der Waals surface area contributed by atoms with Crippen molar-refractivity contribution in [3.05, 3.63) is 23.5 Å². The van der Waals surface area contributed by atoms with Crippen molar-refractivity contribution in [2.75, 3.05) is 20.8 Å². The Bertz CT molecular complexity index is 207. The van der Waals surface area contributed by atoms with Gasteiger partial charge in [-0.1, -0.05) is 6.92 Å². The highest BCUT2D eigenvalue weighted by Crippen LogP contribution is 2.09. The quantitative estimate of drug-likeness (QED) is 0.525. The highest BCUT2D eigenvalue weighted by atomic mass is 16.5. The van der Waals surface area contributed by atoms with Crippen LogP contribution in [0.2, 0.25) is 0 Å². The van der Waals surface area contributed by atoms with Gasteiger partial charge in [-0.05, 0) is 31.1 Å². The maximum Gasteiger partial charge on any atom is 0.117 e. The number of rotatable bonds is 6. The molecule has 0 saturated heterocycles. The van der Waals surface area contributed by atoms with E-state index in [1.165, 1.54) is 0 Å². The standard InChI is InChI=1S/C11H20O3/c1-5-11(12)9(2)8-10(14-4)6-7-13-3/h6,8,11-12H,5,7H2,1-4H3/b9-8+,10-6+. The summed E-state index contributed by atoms with van der Waals surface area (Å²) in [4.78, 5) is 0. The molecule has 0 heterocycles. The van der Waals surface area contributed by atoms with E-state index in [2.05, 4.69) is 0 Å². The molecule has 1 N–H and O–H groups in total. The van der Waals surface area contributed by atoms with Gasteiger partial charge in [0.15, 0.2) is 0 Å². The summed E-state index contributed by atoms with van der Waals surface area (Å²) in [5.41, 5.74) is 0.900. The van der Waals surface area contributed by atoms with Crippen LogP contribution < -0.4 is 0 Å². The molecule has 0 aliphatic carbocycles. The van der Waals surface area contributed by atoms with E-state index in [4.69, 9.17) is 9.47 Å². The third kappa shape index (κ3) is 5.04. The molecule has 0 bridgehead atoms. The Hall–Kier alpha value is -0.800. The molecule has 3 nitrogen and oxygen atoms in total. The summed E-state index contributed by atoms with van der Waals surface area (Å²) in [7, 11) is 3.23. The van der Waals surface area contributed by atoms with Gasteiger partial charge in [0.25, 0.3) is 0 Å². The molecule has 82 valence electrons. The SMILES string of the molecule is CCC(O)/C(C)=C/C(=C\COC)OC. The van der Waals surface area contributed by atoms with Crippen molar-refractivity contribution in [2.45, 2.75) is 26.4 Å². The second-order valence-corrected chi connectivity index (χ2v) is 3.08. The van der Waals surface area contributed by atoms with Crippen LogP contribution in [0.3, 0.4) is 0 Å². The van der Waals surface area contributed by atoms with Gasteiger partial charge in [-0.3, -0.25) is 0 Å². The van der Waals surface area contributed by atoms with Gasteiger partial charge >= 0.3 is 0 Å². The second kappa shape index (κ2) is 7.59. The fourth-order valence-electron chi connectivity index (χ4n) is 1.01. The molecule has 0 aliphatic heterocycles. The van der Waals surface area contributed by atoms with Crippen molar-refractivity contribution < 1.29 is 14.6 Å². The highest BCUT2D eigenvalue weighted by Gasteiger charge is 2.03. The van der Waals surface area contributed by atoms with Gasteiger partial charge in [0, 0.05) is 7.11 Å². The van der Waals surface area contributed by atoms with Crippen molar-refractivity contribution in [3.63, 3.8) is 0 Å². The number of ether oxygens (including phenoxy) is 2. The third-order valence-electron chi connectivity index (χ3n) is 1.97. The molecule has 0 radical (unpaired) electrons. The summed E-state index contributed by atoms with van der Waals surface area (Å²) >= 11 is 0. The first-order valence-electron chi connectivity index (χ1n) is 4.75. The second-order valence-electron chi connectivity index (χ2n) is 3.08. The van der Waals surface area contributed by atoms with E-state index in [9.17, 15) is 5.11 Å². The Kier molecular flexibility index (Phi) is 7.16. The van der Waals surface area contributed by atoms with Gasteiger partial charge in [0.1, 0.15) is 5.76 Å². The number of allylic oxidation sites excluding steroid dienone is 1. The van der Waals surface area contributed by atoms with E-state index in [0.29, 0.717) is 13.0 Å². The summed E-state index contributed by atoms with van der Waals surface area (Å²) in [6.45, 7) is 4.33. The van der Waals surface area contributed by atoms with E-state index in [1.54, 1.807) is 14.2 Å². The first-order chi connectivity index (χ1) is 6.65. The first-order valence-corrected chi connectivity index (χ1v) is 4.75. The van der Waals surface area contributed by atoms with E-state index < -0.39 is 6.10 Å². The molecular weight excluding hydrogens is 180 g/mol. The Morgan fingerprint density at radius 2 is 2.07 bits per heavy atom. The molecule has 1 unspecified atom stereocenters. The van der Waals surface area contributed by atoms with Gasteiger partial charge in [0.05, 0.1) is 19.8 Å². The lowest BCUT2D eigenvalue weighted by atomic mass is 10.1. The zero-order chi connectivity index (χ0) is 11.0. The predicted molar refractivity (Wildman–Crippen MR) is 57.0 cm³/mol. The van der Waals surface area contributed by atoms with Crippen molar-refractivity contribution in [3.8, 4) is 0 Å². The number of aliphatic hydroxyl groups is 1. The van der Waals surface area contributed by atoms with Gasteiger partial charge < -0.3 is 14.6 Å². The van der Waals surface area contributed by atoms with Gasteiger partial charge in [0.2, 0.25) is 0 Å². The van der Waals surface area contributed by atoms with Crippen LogP contribution in [0.25, 0.3) is 0 Å². The summed E-state index contributed by atoms with van der Waals surface area (Å²) in [5, 5.41) is 9.51. The Balaban J connectivity index is 4.40.